The summed E-state index contributed by atoms with van der Waals surface area (Å²) in [6.07, 6.45) is 35.7. The van der Waals surface area contributed by atoms with Crippen LogP contribution in [-0.4, -0.2) is 89.0 Å². The number of ether oxygens (including phenoxy) is 4. The minimum absolute atomic E-state index is 0.213. The van der Waals surface area contributed by atoms with Gasteiger partial charge in [-0.1, -0.05) is 147 Å². The molecule has 0 aromatic heterocycles. The number of hydrogen-bond acceptors (Lipinski definition) is 10. The lowest BCUT2D eigenvalue weighted by molar-refractivity contribution is -0.305. The Hall–Kier alpha value is -2.08. The zero-order valence-corrected chi connectivity index (χ0v) is 36.1. The van der Waals surface area contributed by atoms with E-state index in [-0.39, 0.29) is 32.0 Å². The van der Waals surface area contributed by atoms with Crippen LogP contribution in [-0.2, 0) is 28.5 Å². The first kappa shape index (κ1) is 52.9. The highest BCUT2D eigenvalue weighted by Gasteiger charge is 2.44. The summed E-state index contributed by atoms with van der Waals surface area (Å²) in [6, 6.07) is 0. The Bertz CT molecular complexity index is 1030. The predicted octanol–water partition coefficient (Wildman–Crippen LogP) is 9.89. The van der Waals surface area contributed by atoms with Crippen molar-refractivity contribution in [1.82, 2.24) is 0 Å². The summed E-state index contributed by atoms with van der Waals surface area (Å²) in [6.45, 7) is 3.38. The molecule has 0 saturated carbocycles. The average molecular weight is 809 g/mol. The van der Waals surface area contributed by atoms with Crippen molar-refractivity contribution in [2.45, 2.75) is 230 Å². The van der Waals surface area contributed by atoms with Crippen LogP contribution in [0.2, 0.25) is 0 Å². The lowest BCUT2D eigenvalue weighted by atomic mass is 9.99. The van der Waals surface area contributed by atoms with Crippen molar-refractivity contribution in [3.8, 4) is 0 Å². The SMILES string of the molecule is CCCCCC=CCC=CCCCCCCCC(=O)OC(COC(=O)CCCCCCCCCC=CCCCCCCCC)COC1OC(CO)C(O)C(O)C1O. The van der Waals surface area contributed by atoms with Crippen LogP contribution in [0.4, 0.5) is 0 Å². The third-order valence-corrected chi connectivity index (χ3v) is 10.5. The van der Waals surface area contributed by atoms with Crippen molar-refractivity contribution in [3.05, 3.63) is 36.5 Å². The number of unbranched alkanes of at least 4 members (excludes halogenated alkanes) is 21. The second kappa shape index (κ2) is 38.1. The Kier molecular flexibility index (Phi) is 35.4. The van der Waals surface area contributed by atoms with Gasteiger partial charge in [-0.3, -0.25) is 9.59 Å². The van der Waals surface area contributed by atoms with Crippen LogP contribution in [0.15, 0.2) is 36.5 Å². The van der Waals surface area contributed by atoms with E-state index in [4.69, 9.17) is 18.9 Å². The highest BCUT2D eigenvalue weighted by atomic mass is 16.7. The molecule has 0 aromatic carbocycles. The van der Waals surface area contributed by atoms with Crippen molar-refractivity contribution in [3.63, 3.8) is 0 Å². The van der Waals surface area contributed by atoms with Gasteiger partial charge < -0.3 is 39.4 Å². The molecule has 57 heavy (non-hydrogen) atoms. The largest absolute Gasteiger partial charge is 0.462 e. The first-order valence-corrected chi connectivity index (χ1v) is 23.1. The topological polar surface area (TPSA) is 152 Å². The number of aliphatic hydroxyl groups excluding tert-OH is 4. The fourth-order valence-corrected chi connectivity index (χ4v) is 6.80. The molecule has 0 bridgehead atoms. The summed E-state index contributed by atoms with van der Waals surface area (Å²) in [7, 11) is 0. The summed E-state index contributed by atoms with van der Waals surface area (Å²) >= 11 is 0. The van der Waals surface area contributed by atoms with Crippen LogP contribution >= 0.6 is 0 Å². The van der Waals surface area contributed by atoms with E-state index in [2.05, 4.69) is 50.3 Å². The third-order valence-electron chi connectivity index (χ3n) is 10.5. The van der Waals surface area contributed by atoms with E-state index >= 15 is 0 Å². The molecule has 0 spiro atoms. The maximum atomic E-state index is 12.8. The number of rotatable bonds is 38. The molecule has 10 heteroatoms. The Balaban J connectivity index is 2.33. The van der Waals surface area contributed by atoms with Crippen LogP contribution in [0.25, 0.3) is 0 Å². The van der Waals surface area contributed by atoms with Crippen molar-refractivity contribution >= 4 is 11.9 Å². The van der Waals surface area contributed by atoms with Gasteiger partial charge in [-0.25, -0.2) is 0 Å². The lowest BCUT2D eigenvalue weighted by Gasteiger charge is -2.39. The minimum atomic E-state index is -1.60. The van der Waals surface area contributed by atoms with Gasteiger partial charge in [0.25, 0.3) is 0 Å². The summed E-state index contributed by atoms with van der Waals surface area (Å²) in [5.41, 5.74) is 0. The molecular formula is C47H84O10. The van der Waals surface area contributed by atoms with E-state index in [9.17, 15) is 30.0 Å². The summed E-state index contributed by atoms with van der Waals surface area (Å²) < 4.78 is 22.2. The first-order valence-electron chi connectivity index (χ1n) is 23.1. The Morgan fingerprint density at radius 1 is 0.544 bits per heavy atom. The molecule has 1 aliphatic heterocycles. The molecule has 0 radical (unpaired) electrons. The van der Waals surface area contributed by atoms with Crippen LogP contribution < -0.4 is 0 Å². The van der Waals surface area contributed by atoms with Gasteiger partial charge in [0.05, 0.1) is 13.2 Å². The fraction of sp³-hybridized carbons (Fsp3) is 0.830. The molecule has 1 saturated heterocycles. The van der Waals surface area contributed by atoms with Gasteiger partial charge in [0, 0.05) is 12.8 Å². The van der Waals surface area contributed by atoms with E-state index in [0.29, 0.717) is 6.42 Å². The van der Waals surface area contributed by atoms with Gasteiger partial charge in [-0.05, 0) is 70.6 Å². The van der Waals surface area contributed by atoms with Gasteiger partial charge >= 0.3 is 11.9 Å². The molecule has 6 unspecified atom stereocenters. The standard InChI is InChI=1S/C47H84O10/c1-3-5-7-9-11-13-15-17-19-20-22-23-25-27-29-31-33-35-42(49)54-38-40(39-55-47-46(53)45(52)44(51)41(37-48)57-47)56-43(50)36-34-32-30-28-26-24-21-18-16-14-12-10-8-6-4-2/h12,14,17-19,21,40-41,44-48,51-53H,3-11,13,15-16,20,22-39H2,1-2H3. The molecule has 0 amide bonds. The number of carbonyl (C=O) groups excluding carboxylic acids is 2. The van der Waals surface area contributed by atoms with Crippen LogP contribution in [0.1, 0.15) is 194 Å². The monoisotopic (exact) mass is 809 g/mol. The van der Waals surface area contributed by atoms with Gasteiger partial charge in [-0.15, -0.1) is 0 Å². The molecule has 1 aliphatic rings. The van der Waals surface area contributed by atoms with Crippen molar-refractivity contribution in [2.24, 2.45) is 0 Å². The summed E-state index contributed by atoms with van der Waals surface area (Å²) in [5.74, 6) is -0.825. The number of esters is 2. The summed E-state index contributed by atoms with van der Waals surface area (Å²) in [5, 5.41) is 40.1. The smallest absolute Gasteiger partial charge is 0.306 e. The molecule has 6 atom stereocenters. The molecule has 1 fully saturated rings. The molecule has 10 nitrogen and oxygen atoms in total. The number of carbonyl (C=O) groups is 2. The molecule has 1 heterocycles. The van der Waals surface area contributed by atoms with E-state index in [0.717, 1.165) is 77.0 Å². The maximum Gasteiger partial charge on any atom is 0.306 e. The van der Waals surface area contributed by atoms with E-state index in [1.54, 1.807) is 0 Å². The molecule has 4 N–H and O–H groups in total. The zero-order chi connectivity index (χ0) is 41.6. The third kappa shape index (κ3) is 29.7. The van der Waals surface area contributed by atoms with Crippen molar-refractivity contribution < 1.29 is 49.0 Å². The van der Waals surface area contributed by atoms with Crippen molar-refractivity contribution in [2.75, 3.05) is 19.8 Å². The van der Waals surface area contributed by atoms with Gasteiger partial charge in [0.2, 0.25) is 0 Å². The Labute approximate surface area is 346 Å². The predicted molar refractivity (Wildman–Crippen MR) is 229 cm³/mol. The fourth-order valence-electron chi connectivity index (χ4n) is 6.80. The summed E-state index contributed by atoms with van der Waals surface area (Å²) in [4.78, 5) is 25.3. The Morgan fingerprint density at radius 3 is 1.51 bits per heavy atom. The van der Waals surface area contributed by atoms with Gasteiger partial charge in [0.15, 0.2) is 12.4 Å². The quantitative estimate of drug-likeness (QED) is 0.0270. The van der Waals surface area contributed by atoms with Crippen molar-refractivity contribution in [1.29, 1.82) is 0 Å². The highest BCUT2D eigenvalue weighted by molar-refractivity contribution is 5.70. The number of allylic oxidation sites excluding steroid dienone is 6. The second-order valence-electron chi connectivity index (χ2n) is 15.8. The zero-order valence-electron chi connectivity index (χ0n) is 36.1. The van der Waals surface area contributed by atoms with Gasteiger partial charge in [0.1, 0.15) is 31.0 Å². The average Bonchev–Trinajstić information content (AvgIpc) is 3.21. The van der Waals surface area contributed by atoms with Crippen LogP contribution in [0.5, 0.6) is 0 Å². The lowest BCUT2D eigenvalue weighted by Crippen LogP contribution is -2.59. The molecule has 1 rings (SSSR count). The minimum Gasteiger partial charge on any atom is -0.462 e. The number of aliphatic hydroxyl groups is 4. The molecule has 332 valence electrons. The normalized spacial score (nSPS) is 20.6. The first-order chi connectivity index (χ1) is 27.8. The maximum absolute atomic E-state index is 12.8. The number of hydrogen-bond donors (Lipinski definition) is 4. The van der Waals surface area contributed by atoms with Crippen LogP contribution in [0, 0.1) is 0 Å². The van der Waals surface area contributed by atoms with E-state index in [1.165, 1.54) is 83.5 Å². The van der Waals surface area contributed by atoms with Gasteiger partial charge in [-0.2, -0.15) is 0 Å². The molecular weight excluding hydrogens is 725 g/mol. The molecule has 0 aromatic rings. The van der Waals surface area contributed by atoms with E-state index < -0.39 is 49.4 Å². The second-order valence-corrected chi connectivity index (χ2v) is 15.8. The highest BCUT2D eigenvalue weighted by Crippen LogP contribution is 2.22. The van der Waals surface area contributed by atoms with E-state index in [1.807, 2.05) is 0 Å². The Morgan fingerprint density at radius 2 is 0.982 bits per heavy atom. The van der Waals surface area contributed by atoms with Crippen LogP contribution in [0.3, 0.4) is 0 Å². The molecule has 0 aliphatic carbocycles.